The van der Waals surface area contributed by atoms with Crippen LogP contribution < -0.4 is 20.7 Å². The molecule has 2 atom stereocenters. The highest BCUT2D eigenvalue weighted by Gasteiger charge is 2.35. The molecule has 0 bridgehead atoms. The van der Waals surface area contributed by atoms with E-state index in [0.717, 1.165) is 38.2 Å². The third kappa shape index (κ3) is 9.49. The van der Waals surface area contributed by atoms with Gasteiger partial charge in [-0.25, -0.2) is 8.78 Å². The number of nitrogens with one attached hydrogen (secondary N) is 4. The van der Waals surface area contributed by atoms with Crippen LogP contribution in [0.15, 0.2) is 54.7 Å². The monoisotopic (exact) mass is 604 g/mol. The molecule has 1 aliphatic rings. The number of hydrogen-bond donors (Lipinski definition) is 5. The zero-order valence-corrected chi connectivity index (χ0v) is 25.9. The van der Waals surface area contributed by atoms with Gasteiger partial charge >= 0.3 is 0 Å². The van der Waals surface area contributed by atoms with Crippen LogP contribution in [0.3, 0.4) is 0 Å². The van der Waals surface area contributed by atoms with E-state index in [9.17, 15) is 18.7 Å². The lowest BCUT2D eigenvalue weighted by atomic mass is 9.74. The van der Waals surface area contributed by atoms with E-state index in [1.54, 1.807) is 6.26 Å². The van der Waals surface area contributed by atoms with Gasteiger partial charge < -0.3 is 25.8 Å². The van der Waals surface area contributed by atoms with E-state index in [1.807, 2.05) is 0 Å². The van der Waals surface area contributed by atoms with E-state index in [4.69, 9.17) is 12.2 Å². The van der Waals surface area contributed by atoms with Crippen molar-refractivity contribution in [3.8, 4) is 0 Å². The first-order valence-electron chi connectivity index (χ1n) is 13.9. The Kier molecular flexibility index (Phi) is 11.7. The molecule has 1 aliphatic carbocycles. The minimum Gasteiger partial charge on any atom is -0.390 e. The smallest absolute Gasteiger partial charge is 0.267 e. The van der Waals surface area contributed by atoms with E-state index < -0.39 is 29.7 Å². The Labute approximate surface area is 252 Å². The number of carbonyl (C=O) groups is 1. The minimum absolute atomic E-state index is 0.00886. The Bertz CT molecular complexity index is 1210. The first kappa shape index (κ1) is 33.0. The number of halogens is 2. The van der Waals surface area contributed by atoms with Crippen LogP contribution in [-0.2, 0) is 22.2 Å². The highest BCUT2D eigenvalue weighted by atomic mass is 32.2. The predicted molar refractivity (Wildman–Crippen MR) is 167 cm³/mol. The average molecular weight is 605 g/mol. The van der Waals surface area contributed by atoms with Gasteiger partial charge in [0.05, 0.1) is 17.8 Å². The molecular weight excluding hydrogens is 562 g/mol. The molecular formula is C31H42F2N4O2S2. The van der Waals surface area contributed by atoms with Gasteiger partial charge in [0.1, 0.15) is 11.6 Å². The Morgan fingerprint density at radius 1 is 1.12 bits per heavy atom. The van der Waals surface area contributed by atoms with Crippen LogP contribution in [0.5, 0.6) is 0 Å². The Morgan fingerprint density at radius 2 is 1.78 bits per heavy atom. The fraction of sp³-hybridized carbons (Fsp3) is 0.484. The summed E-state index contributed by atoms with van der Waals surface area (Å²) in [6, 6.07) is 10.9. The molecule has 1 saturated carbocycles. The van der Waals surface area contributed by atoms with Gasteiger partial charge in [0.2, 0.25) is 0 Å². The lowest BCUT2D eigenvalue weighted by Crippen LogP contribution is -2.54. The summed E-state index contributed by atoms with van der Waals surface area (Å²) in [5.41, 5.74) is 2.37. The Balaban J connectivity index is 1.83. The zero-order valence-electron chi connectivity index (χ0n) is 24.3. The van der Waals surface area contributed by atoms with Crippen molar-refractivity contribution in [2.75, 3.05) is 12.8 Å². The maximum absolute atomic E-state index is 14.0. The molecule has 2 unspecified atom stereocenters. The molecule has 6 nitrogen and oxygen atoms in total. The summed E-state index contributed by atoms with van der Waals surface area (Å²) in [7, 11) is 0. The largest absolute Gasteiger partial charge is 0.390 e. The van der Waals surface area contributed by atoms with Crippen LogP contribution in [0.25, 0.3) is 0 Å². The molecule has 1 amide bonds. The Morgan fingerprint density at radius 3 is 2.39 bits per heavy atom. The maximum atomic E-state index is 14.0. The van der Waals surface area contributed by atoms with E-state index in [2.05, 4.69) is 72.3 Å². The van der Waals surface area contributed by atoms with Crippen LogP contribution >= 0.6 is 24.2 Å². The van der Waals surface area contributed by atoms with Crippen molar-refractivity contribution in [3.63, 3.8) is 0 Å². The van der Waals surface area contributed by atoms with Gasteiger partial charge in [0.25, 0.3) is 5.91 Å². The first-order valence-corrected chi connectivity index (χ1v) is 15.5. The molecule has 224 valence electrons. The minimum atomic E-state index is -1.07. The van der Waals surface area contributed by atoms with Crippen molar-refractivity contribution in [1.82, 2.24) is 20.7 Å². The molecule has 10 heteroatoms. The highest BCUT2D eigenvalue weighted by Crippen LogP contribution is 2.38. The summed E-state index contributed by atoms with van der Waals surface area (Å²) in [6.45, 7) is 10.5. The SMILES string of the molecule is C=C(NC(=S)NSC)C(=O)NC(Cc1cc(F)cc(F)c1)C(O)CNC1(c2cccc(C(C)(C)C)c2)CCCCC1. The number of rotatable bonds is 11. The second-order valence-electron chi connectivity index (χ2n) is 11.7. The van der Waals surface area contributed by atoms with E-state index in [-0.39, 0.29) is 34.7 Å². The maximum Gasteiger partial charge on any atom is 0.267 e. The summed E-state index contributed by atoms with van der Waals surface area (Å²) in [5, 5.41) is 20.8. The molecule has 0 heterocycles. The van der Waals surface area contributed by atoms with Gasteiger partial charge in [-0.15, -0.1) is 0 Å². The molecule has 0 spiro atoms. The molecule has 0 radical (unpaired) electrons. The van der Waals surface area contributed by atoms with Crippen LogP contribution in [-0.4, -0.2) is 41.1 Å². The number of carbonyl (C=O) groups excluding carboxylic acids is 1. The molecule has 0 saturated heterocycles. The van der Waals surface area contributed by atoms with E-state index >= 15 is 0 Å². The Hall–Kier alpha value is -2.53. The van der Waals surface area contributed by atoms with Crippen molar-refractivity contribution in [2.24, 2.45) is 0 Å². The van der Waals surface area contributed by atoms with Gasteiger partial charge in [0, 0.05) is 24.4 Å². The van der Waals surface area contributed by atoms with E-state index in [1.165, 1.54) is 35.2 Å². The number of aliphatic hydroxyl groups is 1. The normalized spacial score (nSPS) is 16.4. The molecule has 1 fully saturated rings. The second kappa shape index (κ2) is 14.6. The second-order valence-corrected chi connectivity index (χ2v) is 12.7. The summed E-state index contributed by atoms with van der Waals surface area (Å²) < 4.78 is 30.8. The fourth-order valence-corrected chi connectivity index (χ4v) is 5.89. The number of thiocarbonyl (C=S) groups is 1. The van der Waals surface area contributed by atoms with Gasteiger partial charge in [-0.1, -0.05) is 82.8 Å². The van der Waals surface area contributed by atoms with Crippen LogP contribution in [0.4, 0.5) is 8.78 Å². The summed E-state index contributed by atoms with van der Waals surface area (Å²) >= 11 is 6.39. The lowest BCUT2D eigenvalue weighted by molar-refractivity contribution is -0.119. The molecule has 41 heavy (non-hydrogen) atoms. The lowest BCUT2D eigenvalue weighted by Gasteiger charge is -2.41. The average Bonchev–Trinajstić information content (AvgIpc) is 2.91. The molecule has 0 aromatic heterocycles. The quantitative estimate of drug-likeness (QED) is 0.134. The van der Waals surface area contributed by atoms with Crippen molar-refractivity contribution >= 4 is 35.2 Å². The summed E-state index contributed by atoms with van der Waals surface area (Å²) in [6.07, 6.45) is 5.82. The predicted octanol–water partition coefficient (Wildman–Crippen LogP) is 5.36. The number of hydrogen-bond acceptors (Lipinski definition) is 5. The van der Waals surface area contributed by atoms with Crippen molar-refractivity contribution in [3.05, 3.63) is 83.1 Å². The van der Waals surface area contributed by atoms with Crippen LogP contribution in [0.1, 0.15) is 69.6 Å². The molecule has 3 rings (SSSR count). The molecule has 2 aromatic carbocycles. The third-order valence-corrected chi connectivity index (χ3v) is 8.27. The van der Waals surface area contributed by atoms with Crippen molar-refractivity contribution in [1.29, 1.82) is 0 Å². The van der Waals surface area contributed by atoms with Gasteiger partial charge in [0.15, 0.2) is 5.11 Å². The topological polar surface area (TPSA) is 85.4 Å². The molecule has 0 aliphatic heterocycles. The van der Waals surface area contributed by atoms with E-state index in [0.29, 0.717) is 5.56 Å². The van der Waals surface area contributed by atoms with Crippen LogP contribution in [0, 0.1) is 11.6 Å². The highest BCUT2D eigenvalue weighted by molar-refractivity contribution is 7.98. The number of aliphatic hydroxyl groups excluding tert-OH is 1. The fourth-order valence-electron chi connectivity index (χ4n) is 5.28. The van der Waals surface area contributed by atoms with Gasteiger partial charge in [-0.2, -0.15) is 0 Å². The zero-order chi connectivity index (χ0) is 30.2. The standard InChI is InChI=1S/C31H42F2N4O2S2/c1-20(35-29(40)37-41-5)28(39)36-26(16-21-14-24(32)18-25(33)15-21)27(38)19-34-31(12-7-6-8-13-31)23-11-9-10-22(17-23)30(2,3)4/h9-11,14-15,17-18,26-27,34,38H,1,6-8,12-13,16,19H2,2-5H3,(H,36,39)(H2,35,37,40). The van der Waals surface area contributed by atoms with Crippen molar-refractivity contribution < 1.29 is 18.7 Å². The number of benzene rings is 2. The first-order chi connectivity index (χ1) is 19.3. The van der Waals surface area contributed by atoms with Crippen molar-refractivity contribution in [2.45, 2.75) is 82.4 Å². The van der Waals surface area contributed by atoms with Crippen LogP contribution in [0.2, 0.25) is 0 Å². The third-order valence-electron chi connectivity index (χ3n) is 7.53. The number of amides is 1. The molecule has 2 aromatic rings. The molecule has 5 N–H and O–H groups in total. The summed E-state index contributed by atoms with van der Waals surface area (Å²) in [4.78, 5) is 13.0. The van der Waals surface area contributed by atoms with Gasteiger partial charge in [-0.05, 0) is 65.7 Å². The summed E-state index contributed by atoms with van der Waals surface area (Å²) in [5.74, 6) is -2.03. The van der Waals surface area contributed by atoms with Gasteiger partial charge in [-0.3, -0.25) is 4.79 Å².